The van der Waals surface area contributed by atoms with E-state index in [2.05, 4.69) is 26.6 Å². The zero-order valence-corrected chi connectivity index (χ0v) is 4.21. The molecule has 1 aromatic rings. The predicted octanol–water partition coefficient (Wildman–Crippen LogP) is 1.19. The summed E-state index contributed by atoms with van der Waals surface area (Å²) in [5.41, 5.74) is 0. The summed E-state index contributed by atoms with van der Waals surface area (Å²) in [6.07, 6.45) is 3.94. The van der Waals surface area contributed by atoms with Crippen LogP contribution < -0.4 is 0 Å². The molecule has 1 rings (SSSR count). The number of nitrogens with one attached hydrogen (secondary N) is 1. The third-order valence-corrected chi connectivity index (χ3v) is 0.760. The first kappa shape index (κ1) is 4.46. The third kappa shape index (κ3) is 1.45. The molecule has 1 aromatic heterocycles. The minimum atomic E-state index is 1.07. The lowest BCUT2D eigenvalue weighted by Gasteiger charge is -1.59. The fourth-order valence-corrected chi connectivity index (χ4v) is 0.421. The number of hydrogen-bond acceptors (Lipinski definition) is 2. The maximum atomic E-state index is 4.64. The SMILES string of the molecule is [c]1[c]cos[nH][c]1. The molecule has 3 radical (unpaired) electrons. The Balaban J connectivity index is 3.06. The van der Waals surface area contributed by atoms with Crippen LogP contribution >= 0.6 is 11.8 Å². The van der Waals surface area contributed by atoms with Gasteiger partial charge in [-0.15, -0.1) is 0 Å². The monoisotopic (exact) mass is 112 g/mol. The molecule has 0 saturated heterocycles. The van der Waals surface area contributed by atoms with Gasteiger partial charge in [0.05, 0.1) is 6.20 Å². The maximum absolute atomic E-state index is 4.64. The largest absolute Gasteiger partial charge is 0.394 e. The summed E-state index contributed by atoms with van der Waals surface area (Å²) < 4.78 is 7.23. The Morgan fingerprint density at radius 1 is 1.71 bits per heavy atom. The lowest BCUT2D eigenvalue weighted by atomic mass is 10.6. The summed E-state index contributed by atoms with van der Waals surface area (Å²) in [6, 6.07) is 5.09. The molecule has 0 aliphatic rings. The van der Waals surface area contributed by atoms with E-state index in [1.54, 1.807) is 0 Å². The highest BCUT2D eigenvalue weighted by Gasteiger charge is 1.61. The van der Waals surface area contributed by atoms with E-state index >= 15 is 0 Å². The first-order valence-electron chi connectivity index (χ1n) is 1.65. The van der Waals surface area contributed by atoms with Gasteiger partial charge in [-0.05, 0) is 0 Å². The Kier molecular flexibility index (Phi) is 1.57. The van der Waals surface area contributed by atoms with Crippen LogP contribution in [-0.2, 0) is 0 Å². The lowest BCUT2D eigenvalue weighted by molar-refractivity contribution is 0.680. The molecular weight excluding hydrogens is 110 g/mol. The molecule has 2 nitrogen and oxygen atoms in total. The molecule has 0 unspecified atom stereocenters. The highest BCUT2D eigenvalue weighted by atomic mass is 32.1. The molecule has 7 heavy (non-hydrogen) atoms. The fraction of sp³-hybridized carbons (Fsp3) is 0. The molecule has 35 valence electrons. The van der Waals surface area contributed by atoms with Gasteiger partial charge < -0.3 is 3.85 Å². The molecule has 0 aromatic carbocycles. The molecular formula is C4H2NOS. The third-order valence-electron chi connectivity index (χ3n) is 0.383. The van der Waals surface area contributed by atoms with E-state index in [1.807, 2.05) is 0 Å². The average Bonchev–Trinajstić information content (AvgIpc) is 1.90. The molecule has 1 N–H and O–H groups in total. The van der Waals surface area contributed by atoms with E-state index in [1.165, 1.54) is 6.26 Å². The first-order valence-corrected chi connectivity index (χ1v) is 2.39. The minimum Gasteiger partial charge on any atom is -0.394 e. The van der Waals surface area contributed by atoms with Gasteiger partial charge >= 0.3 is 0 Å². The lowest BCUT2D eigenvalue weighted by Crippen LogP contribution is -1.45. The highest BCUT2D eigenvalue weighted by Crippen LogP contribution is 1.81. The van der Waals surface area contributed by atoms with Crippen LogP contribution in [0.4, 0.5) is 0 Å². The summed E-state index contributed by atoms with van der Waals surface area (Å²) in [4.78, 5) is 0. The van der Waals surface area contributed by atoms with E-state index in [0.29, 0.717) is 0 Å². The van der Waals surface area contributed by atoms with Crippen molar-refractivity contribution in [1.82, 2.24) is 4.37 Å². The van der Waals surface area contributed by atoms with Crippen molar-refractivity contribution < 1.29 is 3.85 Å². The van der Waals surface area contributed by atoms with Crippen LogP contribution in [0.25, 0.3) is 0 Å². The van der Waals surface area contributed by atoms with E-state index in [9.17, 15) is 0 Å². The van der Waals surface area contributed by atoms with Gasteiger partial charge in [0.15, 0.2) is 0 Å². The Morgan fingerprint density at radius 2 is 2.71 bits per heavy atom. The quantitative estimate of drug-likeness (QED) is 0.536. The van der Waals surface area contributed by atoms with Crippen LogP contribution in [-0.4, -0.2) is 4.37 Å². The van der Waals surface area contributed by atoms with Gasteiger partial charge in [-0.3, -0.25) is 4.37 Å². The average molecular weight is 112 g/mol. The Morgan fingerprint density at radius 3 is 3.71 bits per heavy atom. The predicted molar refractivity (Wildman–Crippen MR) is 25.1 cm³/mol. The van der Waals surface area contributed by atoms with Crippen molar-refractivity contribution in [2.75, 3.05) is 0 Å². The van der Waals surface area contributed by atoms with Crippen molar-refractivity contribution in [3.63, 3.8) is 0 Å². The minimum absolute atomic E-state index is 1.07. The molecule has 0 fully saturated rings. The van der Waals surface area contributed by atoms with Gasteiger partial charge in [0.1, 0.15) is 18.1 Å². The summed E-state index contributed by atoms with van der Waals surface area (Å²) in [5, 5.41) is 0. The summed E-state index contributed by atoms with van der Waals surface area (Å²) in [7, 11) is 0. The Hall–Kier alpha value is -0.700. The van der Waals surface area contributed by atoms with Crippen molar-refractivity contribution in [2.45, 2.75) is 0 Å². The van der Waals surface area contributed by atoms with Crippen molar-refractivity contribution in [2.24, 2.45) is 0 Å². The van der Waals surface area contributed by atoms with Crippen LogP contribution in [0.2, 0.25) is 0 Å². The Bertz CT molecular complexity index is 99.7. The van der Waals surface area contributed by atoms with Crippen LogP contribution in [0.5, 0.6) is 0 Å². The summed E-state index contributed by atoms with van der Waals surface area (Å²) >= 11 is 1.07. The van der Waals surface area contributed by atoms with E-state index in [0.717, 1.165) is 11.8 Å². The van der Waals surface area contributed by atoms with Crippen molar-refractivity contribution in [3.8, 4) is 0 Å². The van der Waals surface area contributed by atoms with Gasteiger partial charge in [0.25, 0.3) is 0 Å². The fourth-order valence-electron chi connectivity index (χ4n) is 0.184. The molecule has 3 heteroatoms. The summed E-state index contributed by atoms with van der Waals surface area (Å²) in [5.74, 6) is 0. The number of rotatable bonds is 0. The highest BCUT2D eigenvalue weighted by molar-refractivity contribution is 6.95. The number of aromatic amines is 1. The van der Waals surface area contributed by atoms with Crippen LogP contribution in [0.1, 0.15) is 0 Å². The van der Waals surface area contributed by atoms with Crippen LogP contribution in [0.15, 0.2) is 10.1 Å². The van der Waals surface area contributed by atoms with E-state index in [-0.39, 0.29) is 0 Å². The second-order valence-electron chi connectivity index (χ2n) is 0.794. The first-order chi connectivity index (χ1) is 3.50. The zero-order chi connectivity index (χ0) is 4.95. The van der Waals surface area contributed by atoms with Gasteiger partial charge in [-0.2, -0.15) is 0 Å². The van der Waals surface area contributed by atoms with E-state index < -0.39 is 0 Å². The van der Waals surface area contributed by atoms with Gasteiger partial charge in [0.2, 0.25) is 0 Å². The smallest absolute Gasteiger partial charge is 0.126 e. The maximum Gasteiger partial charge on any atom is 0.126 e. The molecule has 0 atom stereocenters. The molecule has 0 saturated carbocycles. The van der Waals surface area contributed by atoms with Crippen molar-refractivity contribution >= 4 is 11.8 Å². The number of H-pyrrole nitrogens is 1. The molecule has 0 spiro atoms. The number of hydrogen-bond donors (Lipinski definition) is 1. The second kappa shape index (κ2) is 2.47. The van der Waals surface area contributed by atoms with Gasteiger partial charge in [-0.25, -0.2) is 0 Å². The molecule has 0 aliphatic heterocycles. The summed E-state index contributed by atoms with van der Waals surface area (Å²) in [6.45, 7) is 0. The van der Waals surface area contributed by atoms with Gasteiger partial charge in [0, 0.05) is 12.1 Å². The number of aromatic nitrogens is 1. The molecule has 0 amide bonds. The van der Waals surface area contributed by atoms with Crippen molar-refractivity contribution in [1.29, 1.82) is 0 Å². The van der Waals surface area contributed by atoms with Gasteiger partial charge in [-0.1, -0.05) is 0 Å². The Labute approximate surface area is 45.5 Å². The molecule has 1 heterocycles. The zero-order valence-electron chi connectivity index (χ0n) is 3.39. The van der Waals surface area contributed by atoms with Crippen LogP contribution in [0, 0.1) is 18.3 Å². The van der Waals surface area contributed by atoms with Crippen LogP contribution in [0.3, 0.4) is 0 Å². The molecule has 0 aliphatic carbocycles. The molecule has 0 bridgehead atoms. The second-order valence-corrected chi connectivity index (χ2v) is 1.36. The van der Waals surface area contributed by atoms with E-state index in [4.69, 9.17) is 0 Å². The normalized spacial score (nSPS) is 8.00. The standard InChI is InChI=1S/C4H2NOS/c1-2-4-6-7-5-3-1/h4-5H. The topological polar surface area (TPSA) is 28.9 Å². The van der Waals surface area contributed by atoms with Crippen molar-refractivity contribution in [3.05, 3.63) is 24.6 Å².